The molecule has 0 saturated carbocycles. The highest BCUT2D eigenvalue weighted by Gasteiger charge is 2.06. The van der Waals surface area contributed by atoms with Crippen molar-refractivity contribution in [2.24, 2.45) is 5.73 Å². The molecule has 0 aliphatic rings. The first-order chi connectivity index (χ1) is 7.24. The molecule has 0 radical (unpaired) electrons. The lowest BCUT2D eigenvalue weighted by atomic mass is 10.0. The van der Waals surface area contributed by atoms with Crippen molar-refractivity contribution in [3.05, 3.63) is 35.9 Å². The van der Waals surface area contributed by atoms with Gasteiger partial charge < -0.3 is 16.6 Å². The highest BCUT2D eigenvalue weighted by molar-refractivity contribution is 5.99. The Morgan fingerprint density at radius 1 is 1.13 bits per heavy atom. The minimum atomic E-state index is 0.226. The fraction of sp³-hybridized carbons (Fsp3) is 0.167. The van der Waals surface area contributed by atoms with Gasteiger partial charge in [-0.05, 0) is 36.0 Å². The van der Waals surface area contributed by atoms with Gasteiger partial charge in [0.1, 0.15) is 5.75 Å². The van der Waals surface area contributed by atoms with Crippen LogP contribution in [0.3, 0.4) is 0 Å². The van der Waals surface area contributed by atoms with Gasteiger partial charge in [-0.15, -0.1) is 0 Å². The molecule has 0 aliphatic carbocycles. The number of hydrogen-bond donors (Lipinski definition) is 3. The van der Waals surface area contributed by atoms with Gasteiger partial charge in [0.25, 0.3) is 0 Å². The van der Waals surface area contributed by atoms with Gasteiger partial charge in [-0.2, -0.15) is 0 Å². The van der Waals surface area contributed by atoms with Crippen LogP contribution in [0.1, 0.15) is 5.56 Å². The second-order valence-electron chi connectivity index (χ2n) is 3.55. The number of nitrogen functional groups attached to an aromatic ring is 1. The molecule has 0 bridgehead atoms. The average Bonchev–Trinajstić information content (AvgIpc) is 2.22. The van der Waals surface area contributed by atoms with E-state index >= 15 is 0 Å². The van der Waals surface area contributed by atoms with E-state index in [-0.39, 0.29) is 5.75 Å². The van der Waals surface area contributed by atoms with E-state index in [1.54, 1.807) is 12.1 Å². The van der Waals surface area contributed by atoms with Gasteiger partial charge in [0.15, 0.2) is 0 Å². The van der Waals surface area contributed by atoms with Crippen LogP contribution >= 0.6 is 0 Å². The Bertz CT molecular complexity index is 486. The zero-order chi connectivity index (χ0) is 10.8. The number of anilines is 1. The SMILES string of the molecule is NCCc1ccc(O)c2c(N)cccc12. The quantitative estimate of drug-likeness (QED) is 0.648. The number of hydrogen-bond acceptors (Lipinski definition) is 3. The number of phenols is 1. The molecule has 78 valence electrons. The lowest BCUT2D eigenvalue weighted by Crippen LogP contribution is -2.03. The summed E-state index contributed by atoms with van der Waals surface area (Å²) in [6.45, 7) is 0.592. The highest BCUT2D eigenvalue weighted by Crippen LogP contribution is 2.32. The number of aromatic hydroxyl groups is 1. The van der Waals surface area contributed by atoms with Crippen molar-refractivity contribution in [2.75, 3.05) is 12.3 Å². The molecule has 5 N–H and O–H groups in total. The first-order valence-electron chi connectivity index (χ1n) is 4.93. The Balaban J connectivity index is 2.76. The summed E-state index contributed by atoms with van der Waals surface area (Å²) in [6, 6.07) is 9.19. The van der Waals surface area contributed by atoms with E-state index in [9.17, 15) is 5.11 Å². The molecule has 0 unspecified atom stereocenters. The van der Waals surface area contributed by atoms with E-state index in [1.807, 2.05) is 18.2 Å². The van der Waals surface area contributed by atoms with Crippen molar-refractivity contribution >= 4 is 16.5 Å². The highest BCUT2D eigenvalue weighted by atomic mass is 16.3. The Labute approximate surface area is 88.3 Å². The monoisotopic (exact) mass is 202 g/mol. The number of rotatable bonds is 2. The van der Waals surface area contributed by atoms with Gasteiger partial charge in [-0.25, -0.2) is 0 Å². The molecule has 3 heteroatoms. The van der Waals surface area contributed by atoms with Gasteiger partial charge >= 0.3 is 0 Å². The van der Waals surface area contributed by atoms with Gasteiger partial charge in [-0.1, -0.05) is 18.2 Å². The molecule has 0 spiro atoms. The molecule has 2 aromatic rings. The Morgan fingerprint density at radius 3 is 2.67 bits per heavy atom. The molecule has 15 heavy (non-hydrogen) atoms. The fourth-order valence-electron chi connectivity index (χ4n) is 1.85. The first kappa shape index (κ1) is 9.80. The third-order valence-electron chi connectivity index (χ3n) is 2.55. The fourth-order valence-corrected chi connectivity index (χ4v) is 1.85. The normalized spacial score (nSPS) is 10.7. The Kier molecular flexibility index (Phi) is 2.47. The zero-order valence-electron chi connectivity index (χ0n) is 8.40. The van der Waals surface area contributed by atoms with Gasteiger partial charge in [0.05, 0.1) is 0 Å². The van der Waals surface area contributed by atoms with Crippen LogP contribution in [0.15, 0.2) is 30.3 Å². The third-order valence-corrected chi connectivity index (χ3v) is 2.55. The summed E-state index contributed by atoms with van der Waals surface area (Å²) in [5.41, 5.74) is 13.1. The van der Waals surface area contributed by atoms with Crippen LogP contribution in [0.2, 0.25) is 0 Å². The van der Waals surface area contributed by atoms with Crippen molar-refractivity contribution in [1.29, 1.82) is 0 Å². The first-order valence-corrected chi connectivity index (χ1v) is 4.93. The van der Waals surface area contributed by atoms with E-state index < -0.39 is 0 Å². The summed E-state index contributed by atoms with van der Waals surface area (Å²) in [7, 11) is 0. The summed E-state index contributed by atoms with van der Waals surface area (Å²) in [4.78, 5) is 0. The van der Waals surface area contributed by atoms with Crippen LogP contribution < -0.4 is 11.5 Å². The van der Waals surface area contributed by atoms with Gasteiger partial charge in [0.2, 0.25) is 0 Å². The topological polar surface area (TPSA) is 72.3 Å². The molecule has 2 aromatic carbocycles. The lowest BCUT2D eigenvalue weighted by molar-refractivity contribution is 0.481. The second kappa shape index (κ2) is 3.79. The summed E-state index contributed by atoms with van der Waals surface area (Å²) in [6.07, 6.45) is 0.792. The van der Waals surface area contributed by atoms with E-state index in [0.29, 0.717) is 12.2 Å². The average molecular weight is 202 g/mol. The number of fused-ring (bicyclic) bond motifs is 1. The zero-order valence-corrected chi connectivity index (χ0v) is 8.40. The minimum Gasteiger partial charge on any atom is -0.507 e. The van der Waals surface area contributed by atoms with Crippen molar-refractivity contribution in [3.8, 4) is 5.75 Å². The molecule has 3 nitrogen and oxygen atoms in total. The third kappa shape index (κ3) is 1.62. The molecule has 2 rings (SSSR count). The van der Waals surface area contributed by atoms with Crippen molar-refractivity contribution in [2.45, 2.75) is 6.42 Å². The van der Waals surface area contributed by atoms with E-state index in [1.165, 1.54) is 0 Å². The van der Waals surface area contributed by atoms with Crippen LogP contribution in [0, 0.1) is 0 Å². The molecule has 0 atom stereocenters. The van der Waals surface area contributed by atoms with Gasteiger partial charge in [0, 0.05) is 11.1 Å². The summed E-state index contributed by atoms with van der Waals surface area (Å²) in [5, 5.41) is 11.4. The molecule has 0 aliphatic heterocycles. The molecule has 0 fully saturated rings. The standard InChI is InChI=1S/C12H14N2O/c13-7-6-8-4-5-11(15)12-9(8)2-1-3-10(12)14/h1-5,15H,6-7,13-14H2. The molecular weight excluding hydrogens is 188 g/mol. The molecule has 0 saturated heterocycles. The van der Waals surface area contributed by atoms with Crippen molar-refractivity contribution in [3.63, 3.8) is 0 Å². The number of phenolic OH excluding ortho intramolecular Hbond substituents is 1. The maximum Gasteiger partial charge on any atom is 0.125 e. The Morgan fingerprint density at radius 2 is 1.93 bits per heavy atom. The lowest BCUT2D eigenvalue weighted by Gasteiger charge is -2.09. The predicted molar refractivity (Wildman–Crippen MR) is 62.8 cm³/mol. The Hall–Kier alpha value is -1.74. The van der Waals surface area contributed by atoms with E-state index in [2.05, 4.69) is 0 Å². The van der Waals surface area contributed by atoms with Crippen molar-refractivity contribution < 1.29 is 5.11 Å². The molecule has 0 aromatic heterocycles. The van der Waals surface area contributed by atoms with E-state index in [4.69, 9.17) is 11.5 Å². The smallest absolute Gasteiger partial charge is 0.125 e. The van der Waals surface area contributed by atoms with E-state index in [0.717, 1.165) is 22.8 Å². The number of benzene rings is 2. The summed E-state index contributed by atoms with van der Waals surface area (Å²) in [5.74, 6) is 0.226. The van der Waals surface area contributed by atoms with Crippen LogP contribution in [0.4, 0.5) is 5.69 Å². The van der Waals surface area contributed by atoms with Crippen LogP contribution in [0.25, 0.3) is 10.8 Å². The largest absolute Gasteiger partial charge is 0.507 e. The molecular formula is C12H14N2O. The number of nitrogens with two attached hydrogens (primary N) is 2. The predicted octanol–water partition coefficient (Wildman–Crippen LogP) is 1.63. The minimum absolute atomic E-state index is 0.226. The maximum atomic E-state index is 9.73. The van der Waals surface area contributed by atoms with Crippen LogP contribution in [-0.2, 0) is 6.42 Å². The van der Waals surface area contributed by atoms with Crippen LogP contribution in [0.5, 0.6) is 5.75 Å². The van der Waals surface area contributed by atoms with Gasteiger partial charge in [-0.3, -0.25) is 0 Å². The van der Waals surface area contributed by atoms with Crippen LogP contribution in [-0.4, -0.2) is 11.7 Å². The second-order valence-corrected chi connectivity index (χ2v) is 3.55. The molecule has 0 amide bonds. The maximum absolute atomic E-state index is 9.73. The van der Waals surface area contributed by atoms with Crippen molar-refractivity contribution in [1.82, 2.24) is 0 Å². The summed E-state index contributed by atoms with van der Waals surface area (Å²) < 4.78 is 0. The summed E-state index contributed by atoms with van der Waals surface area (Å²) >= 11 is 0. The molecule has 0 heterocycles.